The highest BCUT2D eigenvalue weighted by molar-refractivity contribution is 9.10. The zero-order valence-electron chi connectivity index (χ0n) is 12.0. The van der Waals surface area contributed by atoms with Crippen LogP contribution in [-0.2, 0) is 14.6 Å². The van der Waals surface area contributed by atoms with Gasteiger partial charge in [-0.1, -0.05) is 15.9 Å². The van der Waals surface area contributed by atoms with E-state index in [1.54, 1.807) is 39.0 Å². The molecular formula is C14H16BrNO4S. The van der Waals surface area contributed by atoms with E-state index in [9.17, 15) is 18.0 Å². The van der Waals surface area contributed by atoms with E-state index in [0.29, 0.717) is 15.7 Å². The van der Waals surface area contributed by atoms with Crippen molar-refractivity contribution in [2.75, 3.05) is 17.2 Å². The second kappa shape index (κ2) is 5.21. The number of nitrogens with zero attached hydrogens (tertiary/aromatic N) is 1. The van der Waals surface area contributed by atoms with Crippen molar-refractivity contribution in [3.8, 4) is 0 Å². The number of amides is 1. The molecule has 114 valence electrons. The molecule has 0 spiro atoms. The van der Waals surface area contributed by atoms with Crippen molar-refractivity contribution < 1.29 is 18.0 Å². The van der Waals surface area contributed by atoms with Crippen molar-refractivity contribution in [3.63, 3.8) is 0 Å². The number of sulfone groups is 1. The lowest BCUT2D eigenvalue weighted by Crippen LogP contribution is -2.38. The minimum Gasteiger partial charge on any atom is -0.304 e. The Bertz CT molecular complexity index is 719. The van der Waals surface area contributed by atoms with Crippen LogP contribution in [0.5, 0.6) is 0 Å². The van der Waals surface area contributed by atoms with E-state index in [0.717, 1.165) is 0 Å². The number of anilines is 1. The number of hydrogen-bond acceptors (Lipinski definition) is 4. The first-order chi connectivity index (χ1) is 9.54. The first kappa shape index (κ1) is 16.2. The van der Waals surface area contributed by atoms with Crippen molar-refractivity contribution in [1.82, 2.24) is 0 Å². The molecule has 7 heteroatoms. The molecule has 1 aromatic rings. The summed E-state index contributed by atoms with van der Waals surface area (Å²) < 4.78 is 24.1. The highest BCUT2D eigenvalue weighted by Gasteiger charge is 2.37. The van der Waals surface area contributed by atoms with E-state index in [4.69, 9.17) is 0 Å². The van der Waals surface area contributed by atoms with Gasteiger partial charge in [0.05, 0.1) is 21.8 Å². The van der Waals surface area contributed by atoms with E-state index in [1.807, 2.05) is 0 Å². The minimum absolute atomic E-state index is 0.0151. The summed E-state index contributed by atoms with van der Waals surface area (Å²) in [5, 5.41) is 0. The summed E-state index contributed by atoms with van der Waals surface area (Å²) in [6, 6.07) is 4.94. The molecule has 1 aromatic carbocycles. The van der Waals surface area contributed by atoms with E-state index >= 15 is 0 Å². The van der Waals surface area contributed by atoms with Gasteiger partial charge in [-0.15, -0.1) is 0 Å². The van der Waals surface area contributed by atoms with Crippen molar-refractivity contribution in [3.05, 3.63) is 28.2 Å². The Labute approximate surface area is 132 Å². The molecule has 0 N–H and O–H groups in total. The predicted molar refractivity (Wildman–Crippen MR) is 84.4 cm³/mol. The predicted octanol–water partition coefficient (Wildman–Crippen LogP) is 2.19. The van der Waals surface area contributed by atoms with E-state index in [-0.39, 0.29) is 12.3 Å². The third-order valence-corrected chi connectivity index (χ3v) is 6.53. The normalized spacial score (nSPS) is 15.5. The van der Waals surface area contributed by atoms with Gasteiger partial charge in [0, 0.05) is 11.0 Å². The number of halogens is 1. The number of benzene rings is 1. The number of carbonyl (C=O) groups excluding carboxylic acids is 2. The third kappa shape index (κ3) is 2.89. The van der Waals surface area contributed by atoms with Crippen LogP contribution in [0.3, 0.4) is 0 Å². The maximum atomic E-state index is 12.1. The quantitative estimate of drug-likeness (QED) is 0.761. The topological polar surface area (TPSA) is 71.5 Å². The Hall–Kier alpha value is -1.21. The third-order valence-electron chi connectivity index (χ3n) is 3.45. The average molecular weight is 374 g/mol. The lowest BCUT2D eigenvalue weighted by atomic mass is 10.1. The van der Waals surface area contributed by atoms with Crippen LogP contribution in [0, 0.1) is 0 Å². The van der Waals surface area contributed by atoms with Crippen LogP contribution in [0.1, 0.15) is 31.1 Å². The van der Waals surface area contributed by atoms with Crippen LogP contribution < -0.4 is 4.90 Å². The van der Waals surface area contributed by atoms with Gasteiger partial charge in [-0.3, -0.25) is 9.59 Å². The molecule has 5 nitrogen and oxygen atoms in total. The summed E-state index contributed by atoms with van der Waals surface area (Å²) in [5.74, 6) is -1.45. The highest BCUT2D eigenvalue weighted by atomic mass is 79.9. The average Bonchev–Trinajstić information content (AvgIpc) is 2.59. The Morgan fingerprint density at radius 3 is 2.38 bits per heavy atom. The standard InChI is InChI=1S/C14H16BrNO4S/c1-14(2,3)21(19,20)7-6-16-11-5-4-9(15)8-10(11)12(17)13(16)18/h4-5,8H,6-7H2,1-3H3. The second-order valence-electron chi connectivity index (χ2n) is 5.88. The molecule has 0 bridgehead atoms. The fourth-order valence-electron chi connectivity index (χ4n) is 2.01. The van der Waals surface area contributed by atoms with Gasteiger partial charge in [0.15, 0.2) is 9.84 Å². The van der Waals surface area contributed by atoms with Crippen molar-refractivity contribution in [2.24, 2.45) is 0 Å². The summed E-state index contributed by atoms with van der Waals surface area (Å²) in [6.07, 6.45) is 0. The molecule has 0 unspecified atom stereocenters. The summed E-state index contributed by atoms with van der Waals surface area (Å²) >= 11 is 3.25. The zero-order valence-corrected chi connectivity index (χ0v) is 14.4. The van der Waals surface area contributed by atoms with Crippen LogP contribution in [-0.4, -0.2) is 37.2 Å². The highest BCUT2D eigenvalue weighted by Crippen LogP contribution is 2.31. The van der Waals surface area contributed by atoms with E-state index < -0.39 is 26.3 Å². The van der Waals surface area contributed by atoms with Crippen LogP contribution in [0.4, 0.5) is 5.69 Å². The maximum Gasteiger partial charge on any atom is 0.299 e. The molecule has 0 atom stereocenters. The largest absolute Gasteiger partial charge is 0.304 e. The van der Waals surface area contributed by atoms with Crippen LogP contribution in [0.2, 0.25) is 0 Å². The number of ketones is 1. The van der Waals surface area contributed by atoms with Gasteiger partial charge in [-0.05, 0) is 39.0 Å². The van der Waals surface area contributed by atoms with Gasteiger partial charge in [-0.2, -0.15) is 0 Å². The smallest absolute Gasteiger partial charge is 0.299 e. The number of rotatable bonds is 3. The van der Waals surface area contributed by atoms with Crippen molar-refractivity contribution in [2.45, 2.75) is 25.5 Å². The SMILES string of the molecule is CC(C)(C)S(=O)(=O)CCN1C(=O)C(=O)c2cc(Br)ccc21. The molecule has 1 heterocycles. The summed E-state index contributed by atoms with van der Waals surface area (Å²) in [7, 11) is -3.35. The molecule has 1 aliphatic rings. The zero-order chi connectivity index (χ0) is 16.0. The van der Waals surface area contributed by atoms with Gasteiger partial charge in [0.1, 0.15) is 0 Å². The monoisotopic (exact) mass is 373 g/mol. The van der Waals surface area contributed by atoms with Crippen LogP contribution >= 0.6 is 15.9 Å². The molecule has 0 aromatic heterocycles. The number of carbonyl (C=O) groups is 2. The molecule has 21 heavy (non-hydrogen) atoms. The fraction of sp³-hybridized carbons (Fsp3) is 0.429. The first-order valence-electron chi connectivity index (χ1n) is 6.42. The van der Waals surface area contributed by atoms with Gasteiger partial charge in [-0.25, -0.2) is 8.42 Å². The fourth-order valence-corrected chi connectivity index (χ4v) is 3.41. The molecule has 0 saturated carbocycles. The Morgan fingerprint density at radius 1 is 1.19 bits per heavy atom. The molecular weight excluding hydrogens is 358 g/mol. The van der Waals surface area contributed by atoms with Gasteiger partial charge >= 0.3 is 0 Å². The van der Waals surface area contributed by atoms with Gasteiger partial charge < -0.3 is 4.90 Å². The molecule has 0 saturated heterocycles. The number of hydrogen-bond donors (Lipinski definition) is 0. The molecule has 0 fully saturated rings. The summed E-state index contributed by atoms with van der Waals surface area (Å²) in [6.45, 7) is 4.83. The van der Waals surface area contributed by atoms with Gasteiger partial charge in [0.2, 0.25) is 0 Å². The molecule has 1 aliphatic heterocycles. The van der Waals surface area contributed by atoms with E-state index in [1.165, 1.54) is 4.90 Å². The molecule has 0 radical (unpaired) electrons. The van der Waals surface area contributed by atoms with Crippen molar-refractivity contribution in [1.29, 1.82) is 0 Å². The van der Waals surface area contributed by atoms with Crippen LogP contribution in [0.15, 0.2) is 22.7 Å². The number of fused-ring (bicyclic) bond motifs is 1. The first-order valence-corrected chi connectivity index (χ1v) is 8.87. The Balaban J connectivity index is 2.28. The summed E-state index contributed by atoms with van der Waals surface area (Å²) in [4.78, 5) is 25.2. The Kier molecular flexibility index (Phi) is 4.01. The Morgan fingerprint density at radius 2 is 1.81 bits per heavy atom. The lowest BCUT2D eigenvalue weighted by Gasteiger charge is -2.22. The number of Topliss-reactive ketones (excluding diaryl/α,β-unsaturated/α-hetero) is 1. The molecule has 0 aliphatic carbocycles. The molecule has 2 rings (SSSR count). The lowest BCUT2D eigenvalue weighted by molar-refractivity contribution is -0.114. The summed E-state index contributed by atoms with van der Waals surface area (Å²) in [5.41, 5.74) is 0.778. The second-order valence-corrected chi connectivity index (χ2v) is 9.66. The minimum atomic E-state index is -3.35. The van der Waals surface area contributed by atoms with Crippen molar-refractivity contribution >= 4 is 43.1 Å². The maximum absolute atomic E-state index is 12.1. The van der Waals surface area contributed by atoms with E-state index in [2.05, 4.69) is 15.9 Å². The molecule has 1 amide bonds. The van der Waals surface area contributed by atoms with Crippen LogP contribution in [0.25, 0.3) is 0 Å². The van der Waals surface area contributed by atoms with Gasteiger partial charge in [0.25, 0.3) is 11.7 Å².